The van der Waals surface area contributed by atoms with Gasteiger partial charge in [-0.3, -0.25) is 0 Å². The number of guanidine groups is 1. The number of hydrogen-bond donors (Lipinski definition) is 2. The van der Waals surface area contributed by atoms with Crippen LogP contribution in [0.1, 0.15) is 43.1 Å². The first-order chi connectivity index (χ1) is 12.6. The third-order valence-corrected chi connectivity index (χ3v) is 4.70. The summed E-state index contributed by atoms with van der Waals surface area (Å²) in [6.07, 6.45) is 5.86. The number of pyridine rings is 1. The van der Waals surface area contributed by atoms with Crippen LogP contribution in [0.5, 0.6) is 5.88 Å². The fourth-order valence-electron chi connectivity index (χ4n) is 2.24. The first-order valence-corrected chi connectivity index (χ1v) is 9.99. The van der Waals surface area contributed by atoms with Gasteiger partial charge in [-0.25, -0.2) is 15.0 Å². The number of nitrogens with zero attached hydrogens (tertiary/aromatic N) is 3. The minimum Gasteiger partial charge on any atom is -0.475 e. The molecule has 0 unspecified atom stereocenters. The van der Waals surface area contributed by atoms with Gasteiger partial charge in [-0.2, -0.15) is 0 Å². The molecule has 0 radical (unpaired) electrons. The topological polar surface area (TPSA) is 71.4 Å². The van der Waals surface area contributed by atoms with E-state index in [1.54, 1.807) is 11.3 Å². The molecule has 0 bridgehead atoms. The van der Waals surface area contributed by atoms with Gasteiger partial charge in [0.05, 0.1) is 17.7 Å². The third kappa shape index (κ3) is 7.00. The summed E-state index contributed by atoms with van der Waals surface area (Å²) in [4.78, 5) is 14.7. The molecule has 6 nitrogen and oxygen atoms in total. The summed E-state index contributed by atoms with van der Waals surface area (Å²) in [5, 5.41) is 7.80. The largest absolute Gasteiger partial charge is 0.475 e. The van der Waals surface area contributed by atoms with Crippen molar-refractivity contribution in [2.24, 2.45) is 4.99 Å². The minimum absolute atomic E-state index is 0.127. The Morgan fingerprint density at radius 1 is 1.19 bits per heavy atom. The van der Waals surface area contributed by atoms with E-state index in [1.807, 2.05) is 38.4 Å². The molecule has 0 saturated heterocycles. The van der Waals surface area contributed by atoms with Crippen molar-refractivity contribution in [2.45, 2.75) is 53.2 Å². The van der Waals surface area contributed by atoms with Gasteiger partial charge in [-0.1, -0.05) is 13.0 Å². The lowest BCUT2D eigenvalue weighted by Crippen LogP contribution is -2.38. The maximum atomic E-state index is 5.56. The highest BCUT2D eigenvalue weighted by Gasteiger charge is 2.03. The van der Waals surface area contributed by atoms with E-state index >= 15 is 0 Å². The van der Waals surface area contributed by atoms with E-state index in [1.165, 1.54) is 4.88 Å². The van der Waals surface area contributed by atoms with Crippen LogP contribution < -0.4 is 15.4 Å². The number of aryl methyl sites for hydroxylation is 1. The predicted molar refractivity (Wildman–Crippen MR) is 108 cm³/mol. The zero-order chi connectivity index (χ0) is 18.8. The van der Waals surface area contributed by atoms with E-state index in [0.717, 1.165) is 42.5 Å². The number of nitrogens with one attached hydrogen (secondary N) is 2. The van der Waals surface area contributed by atoms with E-state index in [9.17, 15) is 0 Å². The van der Waals surface area contributed by atoms with Crippen molar-refractivity contribution in [1.82, 2.24) is 20.6 Å². The SMILES string of the molecule is CCNC(=NCc1ccc(OC(C)C)nc1)NCCc1ncc(CC)s1. The second-order valence-corrected chi connectivity index (χ2v) is 7.32. The highest BCUT2D eigenvalue weighted by atomic mass is 32.1. The highest BCUT2D eigenvalue weighted by molar-refractivity contribution is 7.11. The van der Waals surface area contributed by atoms with Crippen LogP contribution in [0.4, 0.5) is 0 Å². The van der Waals surface area contributed by atoms with E-state index in [2.05, 4.69) is 39.4 Å². The van der Waals surface area contributed by atoms with Crippen molar-refractivity contribution in [1.29, 1.82) is 0 Å². The van der Waals surface area contributed by atoms with Crippen LogP contribution in [0.2, 0.25) is 0 Å². The van der Waals surface area contributed by atoms with Crippen molar-refractivity contribution in [3.63, 3.8) is 0 Å². The molecule has 0 aromatic carbocycles. The number of rotatable bonds is 9. The lowest BCUT2D eigenvalue weighted by Gasteiger charge is -2.11. The molecule has 26 heavy (non-hydrogen) atoms. The monoisotopic (exact) mass is 375 g/mol. The average Bonchev–Trinajstić information content (AvgIpc) is 3.08. The molecular formula is C19H29N5OS. The Balaban J connectivity index is 1.85. The smallest absolute Gasteiger partial charge is 0.213 e. The summed E-state index contributed by atoms with van der Waals surface area (Å²) >= 11 is 1.78. The molecule has 0 aliphatic rings. The first-order valence-electron chi connectivity index (χ1n) is 9.18. The zero-order valence-electron chi connectivity index (χ0n) is 16.1. The Morgan fingerprint density at radius 2 is 2.04 bits per heavy atom. The van der Waals surface area contributed by atoms with Crippen molar-refractivity contribution in [3.8, 4) is 5.88 Å². The second-order valence-electron chi connectivity index (χ2n) is 6.12. The van der Waals surface area contributed by atoms with Gasteiger partial charge in [0.25, 0.3) is 0 Å². The number of ether oxygens (including phenoxy) is 1. The average molecular weight is 376 g/mol. The fourth-order valence-corrected chi connectivity index (χ4v) is 3.10. The Hall–Kier alpha value is -2.15. The normalized spacial score (nSPS) is 11.7. The zero-order valence-corrected chi connectivity index (χ0v) is 16.9. The molecular weight excluding hydrogens is 346 g/mol. The number of hydrogen-bond acceptors (Lipinski definition) is 5. The highest BCUT2D eigenvalue weighted by Crippen LogP contribution is 2.13. The van der Waals surface area contributed by atoms with Gasteiger partial charge < -0.3 is 15.4 Å². The lowest BCUT2D eigenvalue weighted by atomic mass is 10.3. The van der Waals surface area contributed by atoms with Crippen LogP contribution in [0.3, 0.4) is 0 Å². The quantitative estimate of drug-likeness (QED) is 0.520. The van der Waals surface area contributed by atoms with Gasteiger partial charge in [-0.05, 0) is 32.8 Å². The van der Waals surface area contributed by atoms with Gasteiger partial charge in [-0.15, -0.1) is 11.3 Å². The van der Waals surface area contributed by atoms with Crippen LogP contribution in [-0.2, 0) is 19.4 Å². The molecule has 7 heteroatoms. The molecule has 0 atom stereocenters. The summed E-state index contributed by atoms with van der Waals surface area (Å²) < 4.78 is 5.56. The fraction of sp³-hybridized carbons (Fsp3) is 0.526. The summed E-state index contributed by atoms with van der Waals surface area (Å²) in [5.74, 6) is 1.45. The summed E-state index contributed by atoms with van der Waals surface area (Å²) in [7, 11) is 0. The minimum atomic E-state index is 0.127. The maximum Gasteiger partial charge on any atom is 0.213 e. The molecule has 2 rings (SSSR count). The summed E-state index contributed by atoms with van der Waals surface area (Å²) in [5.41, 5.74) is 1.05. The molecule has 142 valence electrons. The molecule has 2 aromatic rings. The summed E-state index contributed by atoms with van der Waals surface area (Å²) in [6.45, 7) is 10.4. The van der Waals surface area contributed by atoms with Gasteiger partial charge in [0.1, 0.15) is 0 Å². The Morgan fingerprint density at radius 3 is 2.65 bits per heavy atom. The molecule has 0 spiro atoms. The standard InChI is InChI=1S/C19H29N5OS/c1-5-16-13-23-18(26-16)9-10-21-19(20-6-2)24-12-15-7-8-17(22-11-15)25-14(3)4/h7-8,11,13-14H,5-6,9-10,12H2,1-4H3,(H2,20,21,24). The van der Waals surface area contributed by atoms with E-state index in [4.69, 9.17) is 4.74 Å². The van der Waals surface area contributed by atoms with Crippen molar-refractivity contribution < 1.29 is 4.74 Å². The molecule has 2 aromatic heterocycles. The van der Waals surface area contributed by atoms with E-state index in [-0.39, 0.29) is 6.10 Å². The number of aromatic nitrogens is 2. The van der Waals surface area contributed by atoms with Crippen LogP contribution in [-0.4, -0.2) is 35.1 Å². The van der Waals surface area contributed by atoms with E-state index in [0.29, 0.717) is 12.4 Å². The third-order valence-electron chi connectivity index (χ3n) is 3.50. The van der Waals surface area contributed by atoms with Gasteiger partial charge >= 0.3 is 0 Å². The van der Waals surface area contributed by atoms with Crippen LogP contribution >= 0.6 is 11.3 Å². The van der Waals surface area contributed by atoms with Gasteiger partial charge in [0.2, 0.25) is 5.88 Å². The Bertz CT molecular complexity index is 681. The van der Waals surface area contributed by atoms with Gasteiger partial charge in [0.15, 0.2) is 5.96 Å². The van der Waals surface area contributed by atoms with Crippen LogP contribution in [0.15, 0.2) is 29.5 Å². The molecule has 0 aliphatic heterocycles. The lowest BCUT2D eigenvalue weighted by molar-refractivity contribution is 0.232. The second kappa shape index (κ2) is 10.8. The molecule has 0 amide bonds. The Labute approximate surface area is 160 Å². The number of thiazole rings is 1. The van der Waals surface area contributed by atoms with Crippen molar-refractivity contribution in [2.75, 3.05) is 13.1 Å². The molecule has 0 fully saturated rings. The predicted octanol–water partition coefficient (Wildman–Crippen LogP) is 3.19. The molecule has 0 aliphatic carbocycles. The molecule has 2 N–H and O–H groups in total. The van der Waals surface area contributed by atoms with Gasteiger partial charge in [0, 0.05) is 42.8 Å². The van der Waals surface area contributed by atoms with Crippen molar-refractivity contribution in [3.05, 3.63) is 40.0 Å². The molecule has 0 saturated carbocycles. The molecule has 2 heterocycles. The first kappa shape index (κ1) is 20.2. The maximum absolute atomic E-state index is 5.56. The Kier molecular flexibility index (Phi) is 8.34. The summed E-state index contributed by atoms with van der Waals surface area (Å²) in [6, 6.07) is 3.89. The van der Waals surface area contributed by atoms with Crippen LogP contribution in [0.25, 0.3) is 0 Å². The number of aliphatic imine (C=N–C) groups is 1. The van der Waals surface area contributed by atoms with E-state index < -0.39 is 0 Å². The van der Waals surface area contributed by atoms with Crippen molar-refractivity contribution >= 4 is 17.3 Å². The van der Waals surface area contributed by atoms with Crippen LogP contribution in [0, 0.1) is 0 Å².